The summed E-state index contributed by atoms with van der Waals surface area (Å²) in [7, 11) is 0. The van der Waals surface area contributed by atoms with Crippen LogP contribution in [0.1, 0.15) is 15.9 Å². The van der Waals surface area contributed by atoms with E-state index < -0.39 is 6.03 Å². The van der Waals surface area contributed by atoms with E-state index in [-0.39, 0.29) is 19.0 Å². The van der Waals surface area contributed by atoms with Crippen molar-refractivity contribution in [3.8, 4) is 0 Å². The molecule has 3 N–H and O–H groups in total. The minimum atomic E-state index is -0.922. The molecule has 0 fully saturated rings. The number of hydrogen-bond donors (Lipinski definition) is 2. The summed E-state index contributed by atoms with van der Waals surface area (Å²) in [5.74, 6) is -0.0847. The maximum Gasteiger partial charge on any atom is 0.338 e. The molecule has 6 nitrogen and oxygen atoms in total. The van der Waals surface area contributed by atoms with E-state index >= 15 is 0 Å². The highest BCUT2D eigenvalue weighted by atomic mass is 16.5. The molecule has 0 unspecified atom stereocenters. The van der Waals surface area contributed by atoms with Crippen molar-refractivity contribution >= 4 is 11.9 Å². The smallest absolute Gasteiger partial charge is 0.338 e. The number of nitrogens with zero attached hydrogens (tertiary/aromatic N) is 2. The van der Waals surface area contributed by atoms with E-state index in [0.717, 1.165) is 5.56 Å². The van der Waals surface area contributed by atoms with E-state index in [1.165, 1.54) is 0 Å². The standard InChI is InChI=1S/C11H13N3O3/c12-11(16)14(17)6-5-13-7-8-3-1-2-4-9(8)10(13)15/h1-4,17H,5-7H2,(H2,12,16). The highest BCUT2D eigenvalue weighted by molar-refractivity contribution is 5.98. The number of carbonyl (C=O) groups excluding carboxylic acids is 2. The second-order valence-corrected chi connectivity index (χ2v) is 3.85. The molecule has 0 saturated heterocycles. The number of amides is 3. The molecule has 0 atom stereocenters. The topological polar surface area (TPSA) is 86.9 Å². The fraction of sp³-hybridized carbons (Fsp3) is 0.273. The minimum Gasteiger partial charge on any atom is -0.350 e. The first-order valence-corrected chi connectivity index (χ1v) is 5.22. The van der Waals surface area contributed by atoms with Gasteiger partial charge >= 0.3 is 6.03 Å². The first-order chi connectivity index (χ1) is 8.09. The van der Waals surface area contributed by atoms with Gasteiger partial charge in [0.05, 0.1) is 6.54 Å². The van der Waals surface area contributed by atoms with Crippen molar-refractivity contribution in [2.45, 2.75) is 6.54 Å². The molecule has 0 aromatic heterocycles. The molecule has 1 aliphatic rings. The third-order valence-electron chi connectivity index (χ3n) is 2.73. The average Bonchev–Trinajstić information content (AvgIpc) is 2.64. The maximum atomic E-state index is 11.9. The number of carbonyl (C=O) groups is 2. The second-order valence-electron chi connectivity index (χ2n) is 3.85. The van der Waals surface area contributed by atoms with Gasteiger partial charge in [-0.2, -0.15) is 0 Å². The molecule has 2 rings (SSSR count). The Morgan fingerprint density at radius 2 is 2.18 bits per heavy atom. The fourth-order valence-corrected chi connectivity index (χ4v) is 1.82. The molecule has 0 bridgehead atoms. The Kier molecular flexibility index (Phi) is 2.97. The lowest BCUT2D eigenvalue weighted by Crippen LogP contribution is -2.39. The van der Waals surface area contributed by atoms with Crippen molar-refractivity contribution in [2.75, 3.05) is 13.1 Å². The van der Waals surface area contributed by atoms with Crippen LogP contribution < -0.4 is 5.73 Å². The fourth-order valence-electron chi connectivity index (χ4n) is 1.82. The number of nitrogens with two attached hydrogens (primary N) is 1. The van der Waals surface area contributed by atoms with Crippen molar-refractivity contribution in [1.82, 2.24) is 9.96 Å². The van der Waals surface area contributed by atoms with Crippen molar-refractivity contribution in [2.24, 2.45) is 5.73 Å². The lowest BCUT2D eigenvalue weighted by atomic mass is 10.1. The Balaban J connectivity index is 1.99. The Hall–Kier alpha value is -2.08. The lowest BCUT2D eigenvalue weighted by Gasteiger charge is -2.18. The summed E-state index contributed by atoms with van der Waals surface area (Å²) >= 11 is 0. The van der Waals surface area contributed by atoms with Crippen molar-refractivity contribution in [3.63, 3.8) is 0 Å². The van der Waals surface area contributed by atoms with Crippen molar-refractivity contribution in [3.05, 3.63) is 35.4 Å². The predicted molar refractivity (Wildman–Crippen MR) is 59.3 cm³/mol. The molecule has 3 amide bonds. The highest BCUT2D eigenvalue weighted by Gasteiger charge is 2.26. The Morgan fingerprint density at radius 1 is 1.47 bits per heavy atom. The molecule has 1 aromatic rings. The molecule has 17 heavy (non-hydrogen) atoms. The summed E-state index contributed by atoms with van der Waals surface area (Å²) in [6.45, 7) is 0.767. The number of hydrogen-bond acceptors (Lipinski definition) is 3. The van der Waals surface area contributed by atoms with E-state index in [0.29, 0.717) is 17.2 Å². The summed E-state index contributed by atoms with van der Waals surface area (Å²) < 4.78 is 0. The molecular weight excluding hydrogens is 222 g/mol. The van der Waals surface area contributed by atoms with Crippen LogP contribution in [0.2, 0.25) is 0 Å². The number of fused-ring (bicyclic) bond motifs is 1. The van der Waals surface area contributed by atoms with Crippen LogP contribution in [0.4, 0.5) is 4.79 Å². The number of urea groups is 1. The van der Waals surface area contributed by atoms with E-state index in [9.17, 15) is 9.59 Å². The van der Waals surface area contributed by atoms with Gasteiger partial charge in [0.1, 0.15) is 0 Å². The van der Waals surface area contributed by atoms with Gasteiger partial charge in [-0.15, -0.1) is 0 Å². The number of benzene rings is 1. The molecule has 0 spiro atoms. The van der Waals surface area contributed by atoms with Crippen LogP contribution in [0, 0.1) is 0 Å². The maximum absolute atomic E-state index is 11.9. The summed E-state index contributed by atoms with van der Waals surface area (Å²) in [4.78, 5) is 24.1. The molecular formula is C11H13N3O3. The number of hydroxylamine groups is 2. The molecule has 6 heteroatoms. The van der Waals surface area contributed by atoms with Gasteiger partial charge in [-0.1, -0.05) is 18.2 Å². The van der Waals surface area contributed by atoms with Gasteiger partial charge in [-0.05, 0) is 11.6 Å². The monoisotopic (exact) mass is 235 g/mol. The second kappa shape index (κ2) is 4.42. The normalized spacial score (nSPS) is 13.7. The quantitative estimate of drug-likeness (QED) is 0.587. The van der Waals surface area contributed by atoms with Crippen molar-refractivity contribution < 1.29 is 14.8 Å². The molecule has 0 saturated carbocycles. The molecule has 0 aliphatic carbocycles. The van der Waals surface area contributed by atoms with Crippen molar-refractivity contribution in [1.29, 1.82) is 0 Å². The Labute approximate surface area is 98.2 Å². The largest absolute Gasteiger partial charge is 0.350 e. The zero-order chi connectivity index (χ0) is 12.4. The number of primary amides is 1. The summed E-state index contributed by atoms with van der Waals surface area (Å²) in [5.41, 5.74) is 6.51. The molecule has 1 heterocycles. The zero-order valence-corrected chi connectivity index (χ0v) is 9.17. The Morgan fingerprint density at radius 3 is 2.82 bits per heavy atom. The van der Waals surface area contributed by atoms with Crippen LogP contribution in [0.25, 0.3) is 0 Å². The first-order valence-electron chi connectivity index (χ1n) is 5.22. The van der Waals surface area contributed by atoms with E-state index in [1.54, 1.807) is 11.0 Å². The molecule has 0 radical (unpaired) electrons. The predicted octanol–water partition coefficient (Wildman–Crippen LogP) is 0.412. The van der Waals surface area contributed by atoms with Crippen LogP contribution in [-0.2, 0) is 6.54 Å². The minimum absolute atomic E-state index is 0.00899. The zero-order valence-electron chi connectivity index (χ0n) is 9.17. The summed E-state index contributed by atoms with van der Waals surface area (Å²) in [6, 6.07) is 6.41. The third kappa shape index (κ3) is 2.21. The van der Waals surface area contributed by atoms with Gasteiger partial charge < -0.3 is 10.6 Å². The average molecular weight is 235 g/mol. The molecule has 1 aliphatic heterocycles. The lowest BCUT2D eigenvalue weighted by molar-refractivity contribution is -0.0431. The first kappa shape index (κ1) is 11.4. The third-order valence-corrected chi connectivity index (χ3v) is 2.73. The van der Waals surface area contributed by atoms with Crippen LogP contribution in [0.15, 0.2) is 24.3 Å². The van der Waals surface area contributed by atoms with Gasteiger partial charge in [0.2, 0.25) is 0 Å². The van der Waals surface area contributed by atoms with Gasteiger partial charge in [-0.25, -0.2) is 9.86 Å². The van der Waals surface area contributed by atoms with E-state index in [4.69, 9.17) is 10.9 Å². The molecule has 90 valence electrons. The van der Waals surface area contributed by atoms with Gasteiger partial charge in [-0.3, -0.25) is 10.0 Å². The van der Waals surface area contributed by atoms with E-state index in [1.807, 2.05) is 18.2 Å². The van der Waals surface area contributed by atoms with Crippen LogP contribution in [0.5, 0.6) is 0 Å². The van der Waals surface area contributed by atoms with Gasteiger partial charge in [0.15, 0.2) is 0 Å². The summed E-state index contributed by atoms with van der Waals surface area (Å²) in [5, 5.41) is 9.51. The Bertz CT molecular complexity index is 461. The highest BCUT2D eigenvalue weighted by Crippen LogP contribution is 2.21. The number of rotatable bonds is 3. The van der Waals surface area contributed by atoms with E-state index in [2.05, 4.69) is 0 Å². The van der Waals surface area contributed by atoms with Crippen LogP contribution >= 0.6 is 0 Å². The van der Waals surface area contributed by atoms with Gasteiger partial charge in [0, 0.05) is 18.7 Å². The molecule has 1 aromatic carbocycles. The van der Waals surface area contributed by atoms with Crippen LogP contribution in [-0.4, -0.2) is 40.2 Å². The van der Waals surface area contributed by atoms with Crippen LogP contribution in [0.3, 0.4) is 0 Å². The SMILES string of the molecule is NC(=O)N(O)CCN1Cc2ccccc2C1=O. The summed E-state index contributed by atoms with van der Waals surface area (Å²) in [6.07, 6.45) is 0. The van der Waals surface area contributed by atoms with Gasteiger partial charge in [0.25, 0.3) is 5.91 Å².